The zero-order valence-electron chi connectivity index (χ0n) is 25.6. The lowest BCUT2D eigenvalue weighted by Crippen LogP contribution is -2.04. The molecule has 0 saturated carbocycles. The Hall–Kier alpha value is -7.03. The van der Waals surface area contributed by atoms with Gasteiger partial charge in [0.2, 0.25) is 0 Å². The normalized spacial score (nSPS) is 11.0. The fraction of sp³-hybridized carbons (Fsp3) is 0. The van der Waals surface area contributed by atoms with Crippen LogP contribution in [0.4, 0.5) is 8.78 Å². The van der Waals surface area contributed by atoms with Crippen LogP contribution in [-0.2, 0) is 0 Å². The fourth-order valence-electron chi connectivity index (χ4n) is 6.15. The van der Waals surface area contributed by atoms with Crippen LogP contribution >= 0.6 is 0 Å². The van der Waals surface area contributed by atoms with Crippen molar-refractivity contribution >= 4 is 21.8 Å². The number of nitrogens with zero attached hydrogens (tertiary/aromatic N) is 6. The van der Waals surface area contributed by atoms with Crippen molar-refractivity contribution in [2.24, 2.45) is 0 Å². The van der Waals surface area contributed by atoms with Crippen LogP contribution in [0.2, 0.25) is 0 Å². The van der Waals surface area contributed by atoms with Crippen LogP contribution in [0.3, 0.4) is 0 Å². The Kier molecular flexibility index (Phi) is 7.17. The van der Waals surface area contributed by atoms with Crippen LogP contribution in [0.25, 0.3) is 72.8 Å². The molecule has 0 fully saturated rings. The molecule has 0 amide bonds. The molecule has 6 aromatic carbocycles. The van der Waals surface area contributed by atoms with Crippen LogP contribution < -0.4 is 0 Å². The molecule has 6 nitrogen and oxygen atoms in total. The second-order valence-corrected chi connectivity index (χ2v) is 11.4. The van der Waals surface area contributed by atoms with Crippen molar-refractivity contribution in [3.8, 4) is 63.1 Å². The molecule has 8 aromatic rings. The summed E-state index contributed by atoms with van der Waals surface area (Å²) in [7, 11) is 0. The number of benzene rings is 6. The average Bonchev–Trinajstić information content (AvgIpc) is 3.47. The van der Waals surface area contributed by atoms with Crippen LogP contribution in [0, 0.1) is 34.3 Å². The third-order valence-electron chi connectivity index (χ3n) is 8.44. The van der Waals surface area contributed by atoms with Gasteiger partial charge >= 0.3 is 0 Å². The smallest absolute Gasteiger partial charge is 0.166 e. The van der Waals surface area contributed by atoms with Gasteiger partial charge in [0.1, 0.15) is 11.6 Å². The minimum atomic E-state index is -0.698. The van der Waals surface area contributed by atoms with Crippen molar-refractivity contribution in [2.45, 2.75) is 0 Å². The molecule has 0 atom stereocenters. The number of hydrogen-bond donors (Lipinski definition) is 0. The summed E-state index contributed by atoms with van der Waals surface area (Å²) >= 11 is 0. The van der Waals surface area contributed by atoms with E-state index in [1.54, 1.807) is 30.3 Å². The second kappa shape index (κ2) is 12.0. The molecule has 230 valence electrons. The fourth-order valence-corrected chi connectivity index (χ4v) is 6.15. The van der Waals surface area contributed by atoms with Gasteiger partial charge in [0.05, 0.1) is 40.0 Å². The predicted octanol–water partition coefficient (Wildman–Crippen LogP) is 9.66. The van der Waals surface area contributed by atoms with E-state index >= 15 is 4.39 Å². The predicted molar refractivity (Wildman–Crippen MR) is 185 cm³/mol. The van der Waals surface area contributed by atoms with Crippen molar-refractivity contribution in [3.63, 3.8) is 0 Å². The summed E-state index contributed by atoms with van der Waals surface area (Å²) in [5, 5.41) is 21.0. The first-order chi connectivity index (χ1) is 24.0. The van der Waals surface area contributed by atoms with E-state index in [4.69, 9.17) is 15.0 Å². The van der Waals surface area contributed by atoms with Gasteiger partial charge in [0.15, 0.2) is 17.5 Å². The molecule has 0 saturated heterocycles. The third-order valence-corrected chi connectivity index (χ3v) is 8.44. The summed E-state index contributed by atoms with van der Waals surface area (Å²) in [5.41, 5.74) is 6.01. The summed E-state index contributed by atoms with van der Waals surface area (Å²) < 4.78 is 31.2. The van der Waals surface area contributed by atoms with Gasteiger partial charge in [-0.25, -0.2) is 23.7 Å². The van der Waals surface area contributed by atoms with Gasteiger partial charge in [-0.05, 0) is 66.2 Å². The molecule has 8 heteroatoms. The van der Waals surface area contributed by atoms with Crippen LogP contribution in [0.1, 0.15) is 11.1 Å². The topological polar surface area (TPSA) is 91.2 Å². The first kappa shape index (κ1) is 29.4. The summed E-state index contributed by atoms with van der Waals surface area (Å²) in [6.45, 7) is 0. The lowest BCUT2D eigenvalue weighted by atomic mass is 10.0. The van der Waals surface area contributed by atoms with E-state index in [9.17, 15) is 14.9 Å². The largest absolute Gasteiger partial charge is 0.308 e. The second-order valence-electron chi connectivity index (χ2n) is 11.4. The number of fused-ring (bicyclic) bond motifs is 3. The molecule has 0 aliphatic rings. The maximum Gasteiger partial charge on any atom is 0.166 e. The van der Waals surface area contributed by atoms with Crippen molar-refractivity contribution in [2.75, 3.05) is 0 Å². The van der Waals surface area contributed by atoms with E-state index < -0.39 is 11.6 Å². The summed E-state index contributed by atoms with van der Waals surface area (Å²) in [6, 6.07) is 43.4. The van der Waals surface area contributed by atoms with Gasteiger partial charge < -0.3 is 4.57 Å². The zero-order chi connectivity index (χ0) is 33.5. The first-order valence-electron chi connectivity index (χ1n) is 15.4. The molecule has 0 bridgehead atoms. The van der Waals surface area contributed by atoms with E-state index in [0.29, 0.717) is 45.4 Å². The van der Waals surface area contributed by atoms with E-state index in [2.05, 4.69) is 12.1 Å². The minimum absolute atomic E-state index is 0.221. The molecule has 0 spiro atoms. The molecular weight excluding hydrogens is 614 g/mol. The SMILES string of the molecule is N#Cc1ccc2c(c1)c1cc(C#N)ccc1n2-c1cc(-c2ccc(F)cc2F)ccc1-c1nc(-c2ccccc2)nc(-c2ccccc2)n1. The molecule has 0 radical (unpaired) electrons. The van der Waals surface area contributed by atoms with Crippen molar-refractivity contribution < 1.29 is 8.78 Å². The van der Waals surface area contributed by atoms with Gasteiger partial charge in [-0.3, -0.25) is 0 Å². The standard InChI is InChI=1S/C41H22F2N6/c42-30-14-16-31(35(43)22-30)29-13-15-32(41-47-39(27-7-3-1-4-8-27)46-40(48-41)28-9-5-2-6-10-28)38(21-29)49-36-17-11-25(23-44)19-33(36)34-20-26(24-45)12-18-37(34)49/h1-22H. The van der Waals surface area contributed by atoms with Gasteiger partial charge in [-0.1, -0.05) is 66.7 Å². The van der Waals surface area contributed by atoms with E-state index in [0.717, 1.165) is 39.0 Å². The van der Waals surface area contributed by atoms with Gasteiger partial charge in [-0.2, -0.15) is 10.5 Å². The van der Waals surface area contributed by atoms with Crippen molar-refractivity contribution in [1.29, 1.82) is 10.5 Å². The lowest BCUT2D eigenvalue weighted by Gasteiger charge is -2.16. The summed E-state index contributed by atoms with van der Waals surface area (Å²) in [5.74, 6) is -0.0383. The van der Waals surface area contributed by atoms with Gasteiger partial charge in [-0.15, -0.1) is 0 Å². The van der Waals surface area contributed by atoms with Crippen molar-refractivity contribution in [1.82, 2.24) is 19.5 Å². The quantitative estimate of drug-likeness (QED) is 0.188. The Balaban J connectivity index is 1.47. The Morgan fingerprint density at radius 2 is 1.02 bits per heavy atom. The highest BCUT2D eigenvalue weighted by molar-refractivity contribution is 6.10. The molecule has 8 rings (SSSR count). The molecular formula is C41H22F2N6. The maximum absolute atomic E-state index is 15.2. The van der Waals surface area contributed by atoms with Gasteiger partial charge in [0.25, 0.3) is 0 Å². The Labute approximate surface area is 279 Å². The molecule has 49 heavy (non-hydrogen) atoms. The van der Waals surface area contributed by atoms with Crippen LogP contribution in [-0.4, -0.2) is 19.5 Å². The van der Waals surface area contributed by atoms with Crippen LogP contribution in [0.5, 0.6) is 0 Å². The number of nitriles is 2. The highest BCUT2D eigenvalue weighted by Crippen LogP contribution is 2.39. The van der Waals surface area contributed by atoms with E-state index in [-0.39, 0.29) is 5.56 Å². The zero-order valence-corrected chi connectivity index (χ0v) is 25.6. The lowest BCUT2D eigenvalue weighted by molar-refractivity contribution is 0.585. The van der Waals surface area contributed by atoms with Crippen LogP contribution in [0.15, 0.2) is 133 Å². The Morgan fingerprint density at radius 1 is 0.490 bits per heavy atom. The van der Waals surface area contributed by atoms with Gasteiger partial charge in [0, 0.05) is 39.1 Å². The summed E-state index contributed by atoms with van der Waals surface area (Å²) in [4.78, 5) is 14.8. The first-order valence-corrected chi connectivity index (χ1v) is 15.4. The summed E-state index contributed by atoms with van der Waals surface area (Å²) in [6.07, 6.45) is 0. The Bertz CT molecular complexity index is 2520. The monoisotopic (exact) mass is 636 g/mol. The third kappa shape index (κ3) is 5.24. The molecule has 2 aromatic heterocycles. The molecule has 0 unspecified atom stereocenters. The number of rotatable bonds is 5. The number of halogens is 2. The highest BCUT2D eigenvalue weighted by Gasteiger charge is 2.21. The number of aromatic nitrogens is 4. The van der Waals surface area contributed by atoms with E-state index in [1.165, 1.54) is 12.1 Å². The van der Waals surface area contributed by atoms with Crippen molar-refractivity contribution in [3.05, 3.63) is 156 Å². The van der Waals surface area contributed by atoms with E-state index in [1.807, 2.05) is 89.5 Å². The highest BCUT2D eigenvalue weighted by atomic mass is 19.1. The molecule has 2 heterocycles. The number of hydrogen-bond acceptors (Lipinski definition) is 5. The Morgan fingerprint density at radius 3 is 1.55 bits per heavy atom. The minimum Gasteiger partial charge on any atom is -0.308 e. The molecule has 0 aliphatic carbocycles. The average molecular weight is 637 g/mol. The maximum atomic E-state index is 15.2. The molecule has 0 N–H and O–H groups in total. The molecule has 0 aliphatic heterocycles.